The summed E-state index contributed by atoms with van der Waals surface area (Å²) in [7, 11) is 0. The molecular weight excluding hydrogens is 236 g/mol. The van der Waals surface area contributed by atoms with Gasteiger partial charge in [-0.05, 0) is 12.8 Å². The van der Waals surface area contributed by atoms with Crippen LogP contribution in [-0.4, -0.2) is 59.3 Å². The fraction of sp³-hybridized carbons (Fsp3) is 0.833. The van der Waals surface area contributed by atoms with Crippen LogP contribution in [0.1, 0.15) is 25.7 Å². The van der Waals surface area contributed by atoms with Crippen LogP contribution in [0, 0.1) is 0 Å². The summed E-state index contributed by atoms with van der Waals surface area (Å²) in [5.74, 6) is 2.65. The average Bonchev–Trinajstić information content (AvgIpc) is 2.76. The standard InChI is InChI=1S/C12H20N2O2S/c15-11-3-1-5-13(11)6-2-4-12(16)14-7-9-17-10-8-14/h1-10H2. The van der Waals surface area contributed by atoms with E-state index in [-0.39, 0.29) is 11.8 Å². The van der Waals surface area contributed by atoms with E-state index in [9.17, 15) is 9.59 Å². The van der Waals surface area contributed by atoms with E-state index in [4.69, 9.17) is 0 Å². The molecule has 2 fully saturated rings. The molecule has 2 aliphatic rings. The van der Waals surface area contributed by atoms with Crippen LogP contribution >= 0.6 is 11.8 Å². The minimum absolute atomic E-state index is 0.256. The number of rotatable bonds is 4. The molecule has 0 N–H and O–H groups in total. The SMILES string of the molecule is O=C1CCCN1CCCC(=O)N1CCSCC1. The summed E-state index contributed by atoms with van der Waals surface area (Å²) in [4.78, 5) is 27.1. The van der Waals surface area contributed by atoms with Crippen molar-refractivity contribution in [3.63, 3.8) is 0 Å². The normalized spacial score (nSPS) is 21.1. The Bertz CT molecular complexity index is 290. The zero-order valence-corrected chi connectivity index (χ0v) is 11.0. The Morgan fingerprint density at radius 2 is 2.00 bits per heavy atom. The van der Waals surface area contributed by atoms with Gasteiger partial charge >= 0.3 is 0 Å². The Morgan fingerprint density at radius 3 is 2.65 bits per heavy atom. The van der Waals surface area contributed by atoms with E-state index < -0.39 is 0 Å². The highest BCUT2D eigenvalue weighted by atomic mass is 32.2. The largest absolute Gasteiger partial charge is 0.343 e. The van der Waals surface area contributed by atoms with Crippen molar-refractivity contribution >= 4 is 23.6 Å². The number of carbonyl (C=O) groups is 2. The molecule has 4 nitrogen and oxygen atoms in total. The molecule has 0 aromatic rings. The molecule has 0 spiro atoms. The second kappa shape index (κ2) is 6.28. The lowest BCUT2D eigenvalue weighted by Gasteiger charge is -2.26. The van der Waals surface area contributed by atoms with Gasteiger partial charge in [0, 0.05) is 50.5 Å². The summed E-state index contributed by atoms with van der Waals surface area (Å²) in [5, 5.41) is 0. The smallest absolute Gasteiger partial charge is 0.222 e. The number of thioether (sulfide) groups is 1. The average molecular weight is 256 g/mol. The molecule has 0 aliphatic carbocycles. The van der Waals surface area contributed by atoms with E-state index in [1.54, 1.807) is 0 Å². The van der Waals surface area contributed by atoms with Gasteiger partial charge in [0.15, 0.2) is 0 Å². The van der Waals surface area contributed by atoms with Crippen molar-refractivity contribution in [2.75, 3.05) is 37.7 Å². The molecule has 2 saturated heterocycles. The molecule has 0 atom stereocenters. The van der Waals surface area contributed by atoms with E-state index in [2.05, 4.69) is 0 Å². The van der Waals surface area contributed by atoms with E-state index in [1.807, 2.05) is 21.6 Å². The van der Waals surface area contributed by atoms with Gasteiger partial charge in [-0.2, -0.15) is 11.8 Å². The Labute approximate surface area is 107 Å². The van der Waals surface area contributed by atoms with Crippen molar-refractivity contribution in [1.82, 2.24) is 9.80 Å². The van der Waals surface area contributed by atoms with Gasteiger partial charge in [0.25, 0.3) is 0 Å². The topological polar surface area (TPSA) is 40.6 Å². The lowest BCUT2D eigenvalue weighted by Crippen LogP contribution is -2.38. The molecule has 2 amide bonds. The van der Waals surface area contributed by atoms with E-state index >= 15 is 0 Å². The van der Waals surface area contributed by atoms with Gasteiger partial charge in [0.05, 0.1) is 0 Å². The number of hydrogen-bond acceptors (Lipinski definition) is 3. The summed E-state index contributed by atoms with van der Waals surface area (Å²) < 4.78 is 0. The fourth-order valence-electron chi connectivity index (χ4n) is 2.33. The van der Waals surface area contributed by atoms with Crippen molar-refractivity contribution < 1.29 is 9.59 Å². The van der Waals surface area contributed by atoms with Gasteiger partial charge in [-0.25, -0.2) is 0 Å². The molecular formula is C12H20N2O2S. The fourth-order valence-corrected chi connectivity index (χ4v) is 3.24. The molecule has 0 aromatic carbocycles. The van der Waals surface area contributed by atoms with E-state index in [0.717, 1.165) is 50.5 Å². The van der Waals surface area contributed by atoms with Crippen LogP contribution in [0.15, 0.2) is 0 Å². The molecule has 5 heteroatoms. The zero-order valence-electron chi connectivity index (χ0n) is 10.2. The second-order valence-electron chi connectivity index (χ2n) is 4.58. The summed E-state index contributed by atoms with van der Waals surface area (Å²) in [6.45, 7) is 3.43. The highest BCUT2D eigenvalue weighted by Gasteiger charge is 2.21. The van der Waals surface area contributed by atoms with Crippen LogP contribution < -0.4 is 0 Å². The maximum atomic E-state index is 11.9. The molecule has 2 heterocycles. The molecule has 0 bridgehead atoms. The third kappa shape index (κ3) is 3.63. The summed E-state index contributed by atoms with van der Waals surface area (Å²) in [6, 6.07) is 0. The first-order valence-electron chi connectivity index (χ1n) is 6.40. The monoisotopic (exact) mass is 256 g/mol. The van der Waals surface area contributed by atoms with Crippen molar-refractivity contribution in [1.29, 1.82) is 0 Å². The third-order valence-corrected chi connectivity index (χ3v) is 4.30. The highest BCUT2D eigenvalue weighted by Crippen LogP contribution is 2.13. The lowest BCUT2D eigenvalue weighted by molar-refractivity contribution is -0.132. The minimum Gasteiger partial charge on any atom is -0.343 e. The third-order valence-electron chi connectivity index (χ3n) is 3.35. The predicted octanol–water partition coefficient (Wildman–Crippen LogP) is 0.964. The van der Waals surface area contributed by atoms with Crippen molar-refractivity contribution in [3.8, 4) is 0 Å². The summed E-state index contributed by atoms with van der Waals surface area (Å²) in [5.41, 5.74) is 0. The lowest BCUT2D eigenvalue weighted by atomic mass is 10.2. The number of nitrogens with zero attached hydrogens (tertiary/aromatic N) is 2. The van der Waals surface area contributed by atoms with E-state index in [0.29, 0.717) is 12.8 Å². The van der Waals surface area contributed by atoms with Crippen LogP contribution in [0.4, 0.5) is 0 Å². The van der Waals surface area contributed by atoms with Gasteiger partial charge < -0.3 is 9.80 Å². The number of likely N-dealkylation sites (tertiary alicyclic amines) is 1. The van der Waals surface area contributed by atoms with Crippen molar-refractivity contribution in [3.05, 3.63) is 0 Å². The number of hydrogen-bond donors (Lipinski definition) is 0. The number of carbonyl (C=O) groups excluding carboxylic acids is 2. The molecule has 17 heavy (non-hydrogen) atoms. The molecule has 0 radical (unpaired) electrons. The van der Waals surface area contributed by atoms with Gasteiger partial charge in [-0.3, -0.25) is 9.59 Å². The summed E-state index contributed by atoms with van der Waals surface area (Å²) in [6.07, 6.45) is 3.08. The van der Waals surface area contributed by atoms with Crippen LogP contribution in [-0.2, 0) is 9.59 Å². The number of amides is 2. The first kappa shape index (κ1) is 12.7. The first-order chi connectivity index (χ1) is 8.27. The van der Waals surface area contributed by atoms with E-state index in [1.165, 1.54) is 0 Å². The molecule has 96 valence electrons. The Hall–Kier alpha value is -0.710. The zero-order chi connectivity index (χ0) is 12.1. The van der Waals surface area contributed by atoms with Crippen LogP contribution in [0.25, 0.3) is 0 Å². The van der Waals surface area contributed by atoms with Crippen LogP contribution in [0.5, 0.6) is 0 Å². The van der Waals surface area contributed by atoms with Crippen molar-refractivity contribution in [2.45, 2.75) is 25.7 Å². The Morgan fingerprint density at radius 1 is 1.24 bits per heavy atom. The van der Waals surface area contributed by atoms with Gasteiger partial charge in [-0.1, -0.05) is 0 Å². The Kier molecular flexibility index (Phi) is 4.71. The van der Waals surface area contributed by atoms with Crippen molar-refractivity contribution in [2.24, 2.45) is 0 Å². The molecule has 0 saturated carbocycles. The van der Waals surface area contributed by atoms with Gasteiger partial charge in [-0.15, -0.1) is 0 Å². The first-order valence-corrected chi connectivity index (χ1v) is 7.56. The predicted molar refractivity (Wildman–Crippen MR) is 69.0 cm³/mol. The molecule has 2 rings (SSSR count). The minimum atomic E-state index is 0.256. The molecule has 0 unspecified atom stereocenters. The van der Waals surface area contributed by atoms with Gasteiger partial charge in [0.1, 0.15) is 0 Å². The maximum Gasteiger partial charge on any atom is 0.222 e. The second-order valence-corrected chi connectivity index (χ2v) is 5.81. The highest BCUT2D eigenvalue weighted by molar-refractivity contribution is 7.99. The Balaban J connectivity index is 1.64. The quantitative estimate of drug-likeness (QED) is 0.752. The van der Waals surface area contributed by atoms with Crippen LogP contribution in [0.2, 0.25) is 0 Å². The van der Waals surface area contributed by atoms with Crippen LogP contribution in [0.3, 0.4) is 0 Å². The van der Waals surface area contributed by atoms with Gasteiger partial charge in [0.2, 0.25) is 11.8 Å². The summed E-state index contributed by atoms with van der Waals surface area (Å²) >= 11 is 1.91. The molecule has 0 aromatic heterocycles. The molecule has 2 aliphatic heterocycles. The maximum absolute atomic E-state index is 11.9.